The van der Waals surface area contributed by atoms with Crippen molar-refractivity contribution in [2.24, 2.45) is 5.92 Å². The molecule has 0 bridgehead atoms. The van der Waals surface area contributed by atoms with Crippen molar-refractivity contribution in [2.75, 3.05) is 13.1 Å². The molecule has 0 saturated carbocycles. The van der Waals surface area contributed by atoms with Gasteiger partial charge in [0.1, 0.15) is 11.3 Å². The van der Waals surface area contributed by atoms with Crippen LogP contribution in [0.2, 0.25) is 0 Å². The van der Waals surface area contributed by atoms with Crippen molar-refractivity contribution in [3.05, 3.63) is 29.8 Å². The lowest BCUT2D eigenvalue weighted by molar-refractivity contribution is -0.126. The molecule has 2 aliphatic heterocycles. The Bertz CT molecular complexity index is 661. The van der Waals surface area contributed by atoms with Crippen LogP contribution in [0.25, 0.3) is 0 Å². The number of hydrogen-bond donors (Lipinski definition) is 2. The van der Waals surface area contributed by atoms with E-state index < -0.39 is 5.54 Å². The summed E-state index contributed by atoms with van der Waals surface area (Å²) < 4.78 is 5.77. The minimum atomic E-state index is -0.807. The zero-order valence-corrected chi connectivity index (χ0v) is 15.2. The molecular formula is C19H27N3O3. The molecule has 2 aliphatic rings. The number of rotatable bonds is 5. The number of imide groups is 1. The number of piperidine rings is 1. The lowest BCUT2D eigenvalue weighted by atomic mass is 9.80. The Morgan fingerprint density at radius 3 is 2.84 bits per heavy atom. The van der Waals surface area contributed by atoms with Gasteiger partial charge < -0.3 is 10.1 Å². The summed E-state index contributed by atoms with van der Waals surface area (Å²) >= 11 is 0. The summed E-state index contributed by atoms with van der Waals surface area (Å²) in [5.41, 5.74) is 0.391. The summed E-state index contributed by atoms with van der Waals surface area (Å²) in [7, 11) is 0. The standard InChI is InChI=1S/C19H27N3O3/c1-13(2)25-16-8-4-6-14(10-16)11-22-9-5-7-15(12-22)19(3)17(23)20-18(24)21-19/h4,6,8,10,13,15H,5,7,9,11-12H2,1-3H3,(H2,20,21,23,24)/t15-,19-/m1/s1. The van der Waals surface area contributed by atoms with Gasteiger partial charge in [0.25, 0.3) is 5.91 Å². The number of nitrogens with zero attached hydrogens (tertiary/aromatic N) is 1. The molecule has 2 saturated heterocycles. The average Bonchev–Trinajstić information content (AvgIpc) is 2.81. The Kier molecular flexibility index (Phi) is 4.99. The van der Waals surface area contributed by atoms with Gasteiger partial charge in [-0.1, -0.05) is 12.1 Å². The second kappa shape index (κ2) is 7.04. The Labute approximate surface area is 148 Å². The van der Waals surface area contributed by atoms with Gasteiger partial charge in [-0.05, 0) is 57.9 Å². The molecule has 0 radical (unpaired) electrons. The molecule has 3 rings (SSSR count). The van der Waals surface area contributed by atoms with Gasteiger partial charge in [0.15, 0.2) is 0 Å². The normalized spacial score (nSPS) is 27.3. The van der Waals surface area contributed by atoms with Gasteiger partial charge in [-0.15, -0.1) is 0 Å². The zero-order chi connectivity index (χ0) is 18.0. The van der Waals surface area contributed by atoms with E-state index in [0.717, 1.165) is 38.2 Å². The maximum atomic E-state index is 12.2. The molecule has 6 nitrogen and oxygen atoms in total. The van der Waals surface area contributed by atoms with E-state index in [2.05, 4.69) is 27.7 Å². The summed E-state index contributed by atoms with van der Waals surface area (Å²) in [4.78, 5) is 26.1. The summed E-state index contributed by atoms with van der Waals surface area (Å²) in [6, 6.07) is 7.78. The number of ether oxygens (including phenoxy) is 1. The van der Waals surface area contributed by atoms with Crippen molar-refractivity contribution >= 4 is 11.9 Å². The highest BCUT2D eigenvalue weighted by Crippen LogP contribution is 2.30. The van der Waals surface area contributed by atoms with Crippen LogP contribution in [0, 0.1) is 5.92 Å². The van der Waals surface area contributed by atoms with E-state index in [1.165, 1.54) is 5.56 Å². The minimum Gasteiger partial charge on any atom is -0.491 e. The fourth-order valence-corrected chi connectivity index (χ4v) is 3.76. The molecule has 2 atom stereocenters. The predicted molar refractivity (Wildman–Crippen MR) is 95.3 cm³/mol. The van der Waals surface area contributed by atoms with Crippen molar-refractivity contribution in [1.82, 2.24) is 15.5 Å². The Hall–Kier alpha value is -2.08. The van der Waals surface area contributed by atoms with Crippen LogP contribution >= 0.6 is 0 Å². The lowest BCUT2D eigenvalue weighted by Gasteiger charge is -2.39. The molecule has 25 heavy (non-hydrogen) atoms. The van der Waals surface area contributed by atoms with E-state index in [0.29, 0.717) is 0 Å². The molecular weight excluding hydrogens is 318 g/mol. The fourth-order valence-electron chi connectivity index (χ4n) is 3.76. The summed E-state index contributed by atoms with van der Waals surface area (Å²) in [5, 5.41) is 5.19. The highest BCUT2D eigenvalue weighted by Gasteiger charge is 2.48. The summed E-state index contributed by atoms with van der Waals surface area (Å²) in [6.45, 7) is 8.47. The highest BCUT2D eigenvalue weighted by molar-refractivity contribution is 6.06. The molecule has 0 aliphatic carbocycles. The van der Waals surface area contributed by atoms with Crippen LogP contribution in [0.5, 0.6) is 5.75 Å². The van der Waals surface area contributed by atoms with Crippen molar-refractivity contribution in [3.63, 3.8) is 0 Å². The van der Waals surface area contributed by atoms with E-state index >= 15 is 0 Å². The zero-order valence-electron chi connectivity index (χ0n) is 15.2. The molecule has 2 heterocycles. The molecule has 0 spiro atoms. The second-order valence-electron chi connectivity index (χ2n) is 7.50. The number of likely N-dealkylation sites (tertiary alicyclic amines) is 1. The third-order valence-corrected chi connectivity index (χ3v) is 5.07. The number of urea groups is 1. The SMILES string of the molecule is CC(C)Oc1cccc(CN2CCC[C@@H]([C@@]3(C)NC(=O)NC3=O)C2)c1. The number of carbonyl (C=O) groups excluding carboxylic acids is 2. The van der Waals surface area contributed by atoms with E-state index in [4.69, 9.17) is 4.74 Å². The van der Waals surface area contributed by atoms with Gasteiger partial charge in [0, 0.05) is 19.0 Å². The number of hydrogen-bond acceptors (Lipinski definition) is 4. The molecule has 1 aromatic rings. The molecule has 3 amide bonds. The lowest BCUT2D eigenvalue weighted by Crippen LogP contribution is -2.55. The van der Waals surface area contributed by atoms with E-state index in [-0.39, 0.29) is 24.0 Å². The minimum absolute atomic E-state index is 0.114. The monoisotopic (exact) mass is 345 g/mol. The van der Waals surface area contributed by atoms with Gasteiger partial charge in [0.05, 0.1) is 6.10 Å². The first kappa shape index (κ1) is 17.7. The van der Waals surface area contributed by atoms with Crippen molar-refractivity contribution < 1.29 is 14.3 Å². The van der Waals surface area contributed by atoms with Crippen molar-refractivity contribution in [3.8, 4) is 5.75 Å². The molecule has 0 aromatic heterocycles. The molecule has 1 aromatic carbocycles. The molecule has 136 valence electrons. The third-order valence-electron chi connectivity index (χ3n) is 5.07. The van der Waals surface area contributed by atoms with E-state index in [1.54, 1.807) is 0 Å². The first-order chi connectivity index (χ1) is 11.9. The molecule has 2 fully saturated rings. The van der Waals surface area contributed by atoms with Crippen molar-refractivity contribution in [2.45, 2.75) is 51.8 Å². The van der Waals surface area contributed by atoms with Gasteiger partial charge in [-0.25, -0.2) is 4.79 Å². The van der Waals surface area contributed by atoms with Crippen molar-refractivity contribution in [1.29, 1.82) is 0 Å². The molecule has 2 N–H and O–H groups in total. The Morgan fingerprint density at radius 2 is 2.16 bits per heavy atom. The maximum absolute atomic E-state index is 12.2. The molecule has 0 unspecified atom stereocenters. The van der Waals surface area contributed by atoms with Crippen LogP contribution in [0.4, 0.5) is 4.79 Å². The summed E-state index contributed by atoms with van der Waals surface area (Å²) in [5.74, 6) is 0.787. The van der Waals surface area contributed by atoms with Gasteiger partial charge in [-0.3, -0.25) is 15.0 Å². The van der Waals surface area contributed by atoms with Crippen LogP contribution in [-0.2, 0) is 11.3 Å². The van der Waals surface area contributed by atoms with Crippen LogP contribution in [0.1, 0.15) is 39.2 Å². The van der Waals surface area contributed by atoms with E-state index in [9.17, 15) is 9.59 Å². The first-order valence-electron chi connectivity index (χ1n) is 8.98. The number of nitrogens with one attached hydrogen (secondary N) is 2. The van der Waals surface area contributed by atoms with Crippen LogP contribution in [0.3, 0.4) is 0 Å². The van der Waals surface area contributed by atoms with E-state index in [1.807, 2.05) is 32.9 Å². The van der Waals surface area contributed by atoms with Gasteiger partial charge >= 0.3 is 6.03 Å². The van der Waals surface area contributed by atoms with Crippen LogP contribution in [0.15, 0.2) is 24.3 Å². The maximum Gasteiger partial charge on any atom is 0.322 e. The quantitative estimate of drug-likeness (QED) is 0.803. The fraction of sp³-hybridized carbons (Fsp3) is 0.579. The average molecular weight is 345 g/mol. The topological polar surface area (TPSA) is 70.7 Å². The number of carbonyl (C=O) groups is 2. The number of amides is 3. The summed E-state index contributed by atoms with van der Waals surface area (Å²) in [6.07, 6.45) is 2.11. The number of benzene rings is 1. The molecule has 6 heteroatoms. The van der Waals surface area contributed by atoms with Crippen LogP contribution < -0.4 is 15.4 Å². The third kappa shape index (κ3) is 3.95. The van der Waals surface area contributed by atoms with Crippen LogP contribution in [-0.4, -0.2) is 41.6 Å². The Balaban J connectivity index is 1.66. The smallest absolute Gasteiger partial charge is 0.322 e. The predicted octanol–water partition coefficient (Wildman–Crippen LogP) is 2.28. The largest absolute Gasteiger partial charge is 0.491 e. The second-order valence-corrected chi connectivity index (χ2v) is 7.50. The van der Waals surface area contributed by atoms with Gasteiger partial charge in [-0.2, -0.15) is 0 Å². The Morgan fingerprint density at radius 1 is 1.36 bits per heavy atom. The van der Waals surface area contributed by atoms with Gasteiger partial charge in [0.2, 0.25) is 0 Å². The first-order valence-corrected chi connectivity index (χ1v) is 8.98. The highest BCUT2D eigenvalue weighted by atomic mass is 16.5.